The number of carbonyl (C=O) groups excluding carboxylic acids is 2. The predicted octanol–water partition coefficient (Wildman–Crippen LogP) is 4.56. The Morgan fingerprint density at radius 1 is 0.844 bits per heavy atom. The largest absolute Gasteiger partial charge is 0.274 e. The number of rotatable bonds is 3. The van der Waals surface area contributed by atoms with E-state index in [4.69, 9.17) is 0 Å². The van der Waals surface area contributed by atoms with Crippen LogP contribution in [0.1, 0.15) is 49.4 Å². The second kappa shape index (κ2) is 7.38. The van der Waals surface area contributed by atoms with Gasteiger partial charge in [0.15, 0.2) is 0 Å². The zero-order chi connectivity index (χ0) is 22.5. The summed E-state index contributed by atoms with van der Waals surface area (Å²) in [7, 11) is 0. The minimum Gasteiger partial charge on any atom is -0.274 e. The quantitative estimate of drug-likeness (QED) is 0.575. The van der Waals surface area contributed by atoms with E-state index in [0.29, 0.717) is 40.7 Å². The molecule has 1 heterocycles. The van der Waals surface area contributed by atoms with Crippen molar-refractivity contribution in [3.63, 3.8) is 0 Å². The minimum atomic E-state index is -1.33. The molecule has 1 atom stereocenters. The van der Waals surface area contributed by atoms with Crippen LogP contribution in [0.15, 0.2) is 60.7 Å². The number of imide groups is 1. The van der Waals surface area contributed by atoms with Gasteiger partial charge >= 0.3 is 0 Å². The lowest BCUT2D eigenvalue weighted by atomic mass is 9.71. The van der Waals surface area contributed by atoms with Crippen LogP contribution in [-0.4, -0.2) is 23.3 Å². The number of nitrogens with zero attached hydrogens (tertiary/aromatic N) is 2. The van der Waals surface area contributed by atoms with Gasteiger partial charge in [-0.2, -0.15) is 5.26 Å². The van der Waals surface area contributed by atoms with Crippen molar-refractivity contribution in [2.75, 3.05) is 6.54 Å². The fourth-order valence-corrected chi connectivity index (χ4v) is 4.93. The molecular formula is C26H18F2N2O2. The number of nitriles is 1. The Morgan fingerprint density at radius 3 is 2.16 bits per heavy atom. The summed E-state index contributed by atoms with van der Waals surface area (Å²) in [5, 5.41) is 10.4. The van der Waals surface area contributed by atoms with Crippen molar-refractivity contribution in [2.24, 2.45) is 0 Å². The van der Waals surface area contributed by atoms with Crippen molar-refractivity contribution in [2.45, 2.75) is 24.7 Å². The molecule has 3 aromatic rings. The predicted molar refractivity (Wildman–Crippen MR) is 113 cm³/mol. The lowest BCUT2D eigenvalue weighted by Gasteiger charge is -2.31. The molecule has 5 rings (SSSR count). The molecule has 32 heavy (non-hydrogen) atoms. The van der Waals surface area contributed by atoms with Crippen molar-refractivity contribution in [3.8, 4) is 6.07 Å². The number of aryl methyl sites for hydroxylation is 2. The first-order chi connectivity index (χ1) is 15.4. The molecule has 0 aromatic heterocycles. The summed E-state index contributed by atoms with van der Waals surface area (Å²) in [6.45, 7) is -0.0212. The third-order valence-electron chi connectivity index (χ3n) is 6.50. The highest BCUT2D eigenvalue weighted by Crippen LogP contribution is 2.43. The number of amides is 2. The molecule has 2 amide bonds. The SMILES string of the molecule is N#CC1(CCN2C(=O)c3ccccc3C2=O)c2ccc(F)cc2CCc2ccc(F)cc21. The zero-order valence-corrected chi connectivity index (χ0v) is 17.1. The van der Waals surface area contributed by atoms with Crippen LogP contribution in [0.4, 0.5) is 8.78 Å². The van der Waals surface area contributed by atoms with E-state index >= 15 is 0 Å². The first-order valence-corrected chi connectivity index (χ1v) is 10.4. The van der Waals surface area contributed by atoms with Crippen LogP contribution in [0.5, 0.6) is 0 Å². The first kappa shape index (κ1) is 20.1. The van der Waals surface area contributed by atoms with E-state index in [1.165, 1.54) is 24.3 Å². The highest BCUT2D eigenvalue weighted by atomic mass is 19.1. The van der Waals surface area contributed by atoms with E-state index in [-0.39, 0.29) is 13.0 Å². The molecule has 158 valence electrons. The molecular weight excluding hydrogens is 410 g/mol. The fraction of sp³-hybridized carbons (Fsp3) is 0.192. The molecule has 0 N–H and O–H groups in total. The molecule has 1 aliphatic carbocycles. The Kier molecular flexibility index (Phi) is 4.63. The molecule has 0 saturated heterocycles. The van der Waals surface area contributed by atoms with Gasteiger partial charge in [0.2, 0.25) is 0 Å². The van der Waals surface area contributed by atoms with Crippen molar-refractivity contribution in [1.29, 1.82) is 5.26 Å². The highest BCUT2D eigenvalue weighted by molar-refractivity contribution is 6.21. The Balaban J connectivity index is 1.61. The van der Waals surface area contributed by atoms with E-state index in [1.807, 2.05) is 0 Å². The van der Waals surface area contributed by atoms with E-state index < -0.39 is 28.9 Å². The number of fused-ring (bicyclic) bond motifs is 3. The maximum atomic E-state index is 14.3. The molecule has 3 aromatic carbocycles. The number of benzene rings is 3. The van der Waals surface area contributed by atoms with Crippen molar-refractivity contribution < 1.29 is 18.4 Å². The molecule has 1 aliphatic heterocycles. The van der Waals surface area contributed by atoms with E-state index in [0.717, 1.165) is 10.5 Å². The molecule has 6 heteroatoms. The maximum Gasteiger partial charge on any atom is 0.261 e. The normalized spacial score (nSPS) is 19.1. The molecule has 4 nitrogen and oxygen atoms in total. The Bertz CT molecular complexity index is 1290. The molecule has 0 radical (unpaired) electrons. The van der Waals surface area contributed by atoms with E-state index in [9.17, 15) is 23.6 Å². The number of carbonyl (C=O) groups is 2. The van der Waals surface area contributed by atoms with Crippen LogP contribution in [0.25, 0.3) is 0 Å². The third kappa shape index (κ3) is 2.93. The van der Waals surface area contributed by atoms with Gasteiger partial charge in [-0.3, -0.25) is 14.5 Å². The Morgan fingerprint density at radius 2 is 1.47 bits per heavy atom. The van der Waals surface area contributed by atoms with Crippen molar-refractivity contribution in [3.05, 3.63) is 106 Å². The summed E-state index contributed by atoms with van der Waals surface area (Å²) in [5.74, 6) is -1.71. The molecule has 0 bridgehead atoms. The number of hydrogen-bond acceptors (Lipinski definition) is 3. The van der Waals surface area contributed by atoms with Gasteiger partial charge in [0, 0.05) is 6.54 Å². The molecule has 0 saturated carbocycles. The van der Waals surface area contributed by atoms with E-state index in [1.54, 1.807) is 36.4 Å². The van der Waals surface area contributed by atoms with Crippen LogP contribution in [-0.2, 0) is 18.3 Å². The summed E-state index contributed by atoms with van der Waals surface area (Å²) in [4.78, 5) is 26.8. The minimum absolute atomic E-state index is 0.0212. The van der Waals surface area contributed by atoms with Gasteiger partial charge in [0.25, 0.3) is 11.8 Å². The van der Waals surface area contributed by atoms with E-state index in [2.05, 4.69) is 6.07 Å². The molecule has 2 aliphatic rings. The summed E-state index contributed by atoms with van der Waals surface area (Å²) in [6, 6.07) is 17.6. The first-order valence-electron chi connectivity index (χ1n) is 10.4. The summed E-state index contributed by atoms with van der Waals surface area (Å²) in [5.41, 5.74) is 1.89. The molecule has 0 spiro atoms. The zero-order valence-electron chi connectivity index (χ0n) is 17.1. The smallest absolute Gasteiger partial charge is 0.261 e. The van der Waals surface area contributed by atoms with Crippen LogP contribution < -0.4 is 0 Å². The van der Waals surface area contributed by atoms with Gasteiger partial charge in [0.05, 0.1) is 17.2 Å². The second-order valence-electron chi connectivity index (χ2n) is 8.18. The number of hydrogen-bond donors (Lipinski definition) is 0. The van der Waals surface area contributed by atoms with Crippen molar-refractivity contribution >= 4 is 11.8 Å². The highest BCUT2D eigenvalue weighted by Gasteiger charge is 2.43. The lowest BCUT2D eigenvalue weighted by molar-refractivity contribution is 0.0648. The van der Waals surface area contributed by atoms with Crippen LogP contribution in [0.3, 0.4) is 0 Å². The topological polar surface area (TPSA) is 61.2 Å². The standard InChI is InChI=1S/C26H18F2N2O2/c27-18-9-10-22-17(13-18)6-5-16-7-8-19(28)14-23(16)26(22,15-29)11-12-30-24(31)20-3-1-2-4-21(20)25(30)32/h1-4,7-10,13-14H,5-6,11-12H2. The number of halogens is 2. The van der Waals surface area contributed by atoms with Gasteiger partial charge in [0.1, 0.15) is 17.0 Å². The summed E-state index contributed by atoms with van der Waals surface area (Å²) < 4.78 is 28.3. The third-order valence-corrected chi connectivity index (χ3v) is 6.50. The summed E-state index contributed by atoms with van der Waals surface area (Å²) in [6.07, 6.45) is 1.11. The second-order valence-corrected chi connectivity index (χ2v) is 8.18. The monoisotopic (exact) mass is 428 g/mol. The van der Waals surface area contributed by atoms with Gasteiger partial charge in [-0.05, 0) is 77.9 Å². The molecule has 1 unspecified atom stereocenters. The van der Waals surface area contributed by atoms with Gasteiger partial charge in [-0.25, -0.2) is 8.78 Å². The summed E-state index contributed by atoms with van der Waals surface area (Å²) >= 11 is 0. The fourth-order valence-electron chi connectivity index (χ4n) is 4.93. The Hall–Kier alpha value is -3.85. The average molecular weight is 428 g/mol. The van der Waals surface area contributed by atoms with Gasteiger partial charge in [-0.1, -0.05) is 24.3 Å². The van der Waals surface area contributed by atoms with Crippen molar-refractivity contribution in [1.82, 2.24) is 4.90 Å². The van der Waals surface area contributed by atoms with Crippen LogP contribution >= 0.6 is 0 Å². The lowest BCUT2D eigenvalue weighted by Crippen LogP contribution is -2.37. The maximum absolute atomic E-state index is 14.3. The van der Waals surface area contributed by atoms with Gasteiger partial charge in [-0.15, -0.1) is 0 Å². The van der Waals surface area contributed by atoms with Crippen LogP contribution in [0, 0.1) is 23.0 Å². The van der Waals surface area contributed by atoms with Gasteiger partial charge < -0.3 is 0 Å². The van der Waals surface area contributed by atoms with Crippen LogP contribution in [0.2, 0.25) is 0 Å². The Labute approximate surface area is 183 Å². The molecule has 0 fully saturated rings. The average Bonchev–Trinajstić information content (AvgIpc) is 2.96.